The van der Waals surface area contributed by atoms with Crippen molar-refractivity contribution in [2.75, 3.05) is 5.32 Å². The van der Waals surface area contributed by atoms with Gasteiger partial charge in [-0.25, -0.2) is 0 Å². The molecule has 1 atom stereocenters. The molecule has 0 unspecified atom stereocenters. The van der Waals surface area contributed by atoms with Crippen LogP contribution in [0.5, 0.6) is 0 Å². The molecule has 114 valence electrons. The van der Waals surface area contributed by atoms with Crippen LogP contribution >= 0.6 is 11.8 Å². The monoisotopic (exact) mass is 319 g/mol. The molecule has 1 aromatic heterocycles. The normalized spacial score (nSPS) is 11.7. The second-order valence-corrected chi connectivity index (χ2v) is 5.75. The van der Waals surface area contributed by atoms with E-state index in [4.69, 9.17) is 0 Å². The Bertz CT molecular complexity index is 708. The standard InChI is InChI=1S/C14H13N3O4S/c1-10(22-13-8-4-5-9-16(13)19)14(18)15-11-6-2-3-7-12(11)17(20)21/h2-10H,1H3,(H,15,18)/t10-/m1/s1. The van der Waals surface area contributed by atoms with Crippen molar-refractivity contribution < 1.29 is 14.4 Å². The molecule has 2 rings (SSSR count). The first kappa shape index (κ1) is 15.8. The molecule has 0 spiro atoms. The third-order valence-electron chi connectivity index (χ3n) is 2.81. The summed E-state index contributed by atoms with van der Waals surface area (Å²) < 4.78 is 0.666. The molecule has 8 heteroatoms. The van der Waals surface area contributed by atoms with Crippen LogP contribution in [0.2, 0.25) is 0 Å². The van der Waals surface area contributed by atoms with Gasteiger partial charge in [-0.3, -0.25) is 14.9 Å². The molecule has 0 fully saturated rings. The van der Waals surface area contributed by atoms with E-state index in [1.807, 2.05) is 0 Å². The summed E-state index contributed by atoms with van der Waals surface area (Å²) in [6, 6.07) is 10.8. The third kappa shape index (κ3) is 3.73. The summed E-state index contributed by atoms with van der Waals surface area (Å²) in [7, 11) is 0. The highest BCUT2D eigenvalue weighted by Crippen LogP contribution is 2.25. The Hall–Kier alpha value is -2.61. The molecule has 1 aromatic carbocycles. The highest BCUT2D eigenvalue weighted by Gasteiger charge is 2.21. The van der Waals surface area contributed by atoms with E-state index in [2.05, 4.69) is 5.32 Å². The van der Waals surface area contributed by atoms with Crippen molar-refractivity contribution in [3.8, 4) is 0 Å². The topological polar surface area (TPSA) is 99.2 Å². The van der Waals surface area contributed by atoms with Gasteiger partial charge >= 0.3 is 0 Å². The molecule has 22 heavy (non-hydrogen) atoms. The molecule has 0 aliphatic heterocycles. The van der Waals surface area contributed by atoms with E-state index in [1.54, 1.807) is 31.2 Å². The summed E-state index contributed by atoms with van der Waals surface area (Å²) in [5.41, 5.74) is -0.0420. The van der Waals surface area contributed by atoms with Crippen molar-refractivity contribution in [2.45, 2.75) is 17.2 Å². The number of hydrogen-bond acceptors (Lipinski definition) is 5. The van der Waals surface area contributed by atoms with Crippen molar-refractivity contribution >= 4 is 29.0 Å². The molecular weight excluding hydrogens is 306 g/mol. The van der Waals surface area contributed by atoms with E-state index >= 15 is 0 Å². The van der Waals surface area contributed by atoms with Gasteiger partial charge in [-0.1, -0.05) is 12.1 Å². The van der Waals surface area contributed by atoms with Crippen LogP contribution in [0.1, 0.15) is 6.92 Å². The van der Waals surface area contributed by atoms with Crippen molar-refractivity contribution in [3.05, 3.63) is 64.0 Å². The summed E-state index contributed by atoms with van der Waals surface area (Å²) in [6.45, 7) is 1.63. The van der Waals surface area contributed by atoms with E-state index in [9.17, 15) is 20.1 Å². The molecule has 0 bridgehead atoms. The van der Waals surface area contributed by atoms with E-state index in [-0.39, 0.29) is 11.4 Å². The average molecular weight is 319 g/mol. The predicted octanol–water partition coefficient (Wildman–Crippen LogP) is 2.35. The second-order valence-electron chi connectivity index (χ2n) is 4.39. The Morgan fingerprint density at radius 1 is 1.27 bits per heavy atom. The zero-order valence-corrected chi connectivity index (χ0v) is 12.4. The van der Waals surface area contributed by atoms with Crippen LogP contribution in [0.25, 0.3) is 0 Å². The summed E-state index contributed by atoms with van der Waals surface area (Å²) in [5.74, 6) is -0.414. The summed E-state index contributed by atoms with van der Waals surface area (Å²) >= 11 is 1.08. The summed E-state index contributed by atoms with van der Waals surface area (Å²) in [6.07, 6.45) is 1.34. The van der Waals surface area contributed by atoms with E-state index in [0.29, 0.717) is 9.76 Å². The van der Waals surface area contributed by atoms with Gasteiger partial charge in [0, 0.05) is 18.2 Å². The summed E-state index contributed by atoms with van der Waals surface area (Å²) in [5, 5.41) is 24.8. The minimum absolute atomic E-state index is 0.132. The number of nitrogens with zero attached hydrogens (tertiary/aromatic N) is 2. The lowest BCUT2D eigenvalue weighted by Gasteiger charge is -2.11. The molecule has 0 saturated carbocycles. The number of rotatable bonds is 5. The van der Waals surface area contributed by atoms with Gasteiger partial charge in [-0.15, -0.1) is 0 Å². The number of amides is 1. The minimum Gasteiger partial charge on any atom is -0.618 e. The number of thioether (sulfide) groups is 1. The number of nitrogens with one attached hydrogen (secondary N) is 1. The first-order valence-electron chi connectivity index (χ1n) is 6.38. The maximum atomic E-state index is 12.1. The number of benzene rings is 1. The molecule has 2 aromatic rings. The van der Waals surface area contributed by atoms with Crippen LogP contribution in [0.3, 0.4) is 0 Å². The van der Waals surface area contributed by atoms with E-state index in [1.165, 1.54) is 24.4 Å². The predicted molar refractivity (Wildman–Crippen MR) is 82.4 cm³/mol. The Balaban J connectivity index is 2.09. The number of nitro benzene ring substituents is 1. The quantitative estimate of drug-likeness (QED) is 0.300. The van der Waals surface area contributed by atoms with Gasteiger partial charge in [0.15, 0.2) is 6.20 Å². The average Bonchev–Trinajstić information content (AvgIpc) is 2.49. The van der Waals surface area contributed by atoms with Gasteiger partial charge in [0.25, 0.3) is 10.7 Å². The molecule has 1 N–H and O–H groups in total. The van der Waals surface area contributed by atoms with Crippen molar-refractivity contribution in [2.24, 2.45) is 0 Å². The largest absolute Gasteiger partial charge is 0.618 e. The second kappa shape index (κ2) is 6.90. The molecule has 1 heterocycles. The Morgan fingerprint density at radius 2 is 1.95 bits per heavy atom. The van der Waals surface area contributed by atoms with Crippen LogP contribution in [0.15, 0.2) is 53.7 Å². The Kier molecular flexibility index (Phi) is 4.95. The number of carbonyl (C=O) groups is 1. The smallest absolute Gasteiger partial charge is 0.292 e. The molecule has 0 radical (unpaired) electrons. The number of nitro groups is 1. The van der Waals surface area contributed by atoms with Gasteiger partial charge in [-0.2, -0.15) is 4.73 Å². The number of para-hydroxylation sites is 2. The van der Waals surface area contributed by atoms with Crippen LogP contribution in [-0.4, -0.2) is 16.1 Å². The Labute approximate surface area is 130 Å². The number of carbonyl (C=O) groups excluding carboxylic acids is 1. The zero-order chi connectivity index (χ0) is 16.1. The molecule has 0 aliphatic rings. The SMILES string of the molecule is C[C@@H](Sc1cccc[n+]1[O-])C(=O)Nc1ccccc1[N+](=O)[O-]. The van der Waals surface area contributed by atoms with Crippen LogP contribution in [0.4, 0.5) is 11.4 Å². The van der Waals surface area contributed by atoms with Crippen LogP contribution in [0, 0.1) is 15.3 Å². The Morgan fingerprint density at radius 3 is 2.64 bits per heavy atom. The minimum atomic E-state index is -0.581. The van der Waals surface area contributed by atoms with Crippen molar-refractivity contribution in [1.82, 2.24) is 0 Å². The lowest BCUT2D eigenvalue weighted by Crippen LogP contribution is -2.30. The third-order valence-corrected chi connectivity index (χ3v) is 3.94. The first-order valence-corrected chi connectivity index (χ1v) is 7.26. The van der Waals surface area contributed by atoms with Gasteiger partial charge in [0.05, 0.1) is 10.2 Å². The molecule has 0 saturated heterocycles. The first-order chi connectivity index (χ1) is 10.5. The van der Waals surface area contributed by atoms with Crippen LogP contribution in [-0.2, 0) is 4.79 Å². The molecular formula is C14H13N3O4S. The van der Waals surface area contributed by atoms with Gasteiger partial charge in [-0.05, 0) is 30.8 Å². The maximum Gasteiger partial charge on any atom is 0.292 e. The van der Waals surface area contributed by atoms with Crippen molar-refractivity contribution in [1.29, 1.82) is 0 Å². The number of aromatic nitrogens is 1. The fourth-order valence-electron chi connectivity index (χ4n) is 1.71. The zero-order valence-electron chi connectivity index (χ0n) is 11.6. The number of pyridine rings is 1. The fraction of sp³-hybridized carbons (Fsp3) is 0.143. The molecule has 7 nitrogen and oxygen atoms in total. The molecule has 1 amide bonds. The highest BCUT2D eigenvalue weighted by atomic mass is 32.2. The van der Waals surface area contributed by atoms with E-state index in [0.717, 1.165) is 11.8 Å². The van der Waals surface area contributed by atoms with E-state index < -0.39 is 16.1 Å². The van der Waals surface area contributed by atoms with Gasteiger partial charge in [0.2, 0.25) is 5.91 Å². The van der Waals surface area contributed by atoms with Gasteiger partial charge in [0.1, 0.15) is 5.69 Å². The maximum absolute atomic E-state index is 12.1. The summed E-state index contributed by atoms with van der Waals surface area (Å²) in [4.78, 5) is 22.5. The number of hydrogen-bond donors (Lipinski definition) is 1. The fourth-order valence-corrected chi connectivity index (χ4v) is 2.56. The lowest BCUT2D eigenvalue weighted by molar-refractivity contribution is -0.645. The van der Waals surface area contributed by atoms with Crippen LogP contribution < -0.4 is 10.0 Å². The number of anilines is 1. The lowest BCUT2D eigenvalue weighted by atomic mass is 10.2. The highest BCUT2D eigenvalue weighted by molar-refractivity contribution is 8.00. The molecule has 0 aliphatic carbocycles. The van der Waals surface area contributed by atoms with Crippen molar-refractivity contribution in [3.63, 3.8) is 0 Å². The van der Waals surface area contributed by atoms with Gasteiger partial charge < -0.3 is 10.5 Å².